The Hall–Kier alpha value is -0.910. The van der Waals surface area contributed by atoms with Gasteiger partial charge in [0.05, 0.1) is 12.7 Å². The average molecular weight is 256 g/mol. The van der Waals surface area contributed by atoms with Crippen molar-refractivity contribution in [2.45, 2.75) is 46.4 Å². The molecule has 1 aromatic heterocycles. The largest absolute Gasteiger partial charge is 0.444 e. The molecule has 0 spiro atoms. The summed E-state index contributed by atoms with van der Waals surface area (Å²) in [4.78, 5) is 4.18. The molecule has 0 saturated heterocycles. The molecule has 5 nitrogen and oxygen atoms in total. The molecule has 0 radical (unpaired) electrons. The Morgan fingerprint density at radius 2 is 2.00 bits per heavy atom. The molecule has 5 heteroatoms. The maximum atomic E-state index is 5.50. The molecule has 0 bridgehead atoms. The van der Waals surface area contributed by atoms with Gasteiger partial charge in [0.2, 0.25) is 5.89 Å². The van der Waals surface area contributed by atoms with E-state index in [-0.39, 0.29) is 6.29 Å². The van der Waals surface area contributed by atoms with Crippen LogP contribution in [0.2, 0.25) is 0 Å². The van der Waals surface area contributed by atoms with Crippen LogP contribution in [0.15, 0.2) is 10.6 Å². The van der Waals surface area contributed by atoms with E-state index in [9.17, 15) is 0 Å². The van der Waals surface area contributed by atoms with Crippen LogP contribution in [0.5, 0.6) is 0 Å². The van der Waals surface area contributed by atoms with E-state index in [4.69, 9.17) is 13.9 Å². The van der Waals surface area contributed by atoms with Gasteiger partial charge in [0.25, 0.3) is 0 Å². The van der Waals surface area contributed by atoms with Gasteiger partial charge in [0.15, 0.2) is 6.29 Å². The smallest absolute Gasteiger partial charge is 0.208 e. The van der Waals surface area contributed by atoms with Gasteiger partial charge in [-0.1, -0.05) is 6.92 Å². The van der Waals surface area contributed by atoms with Crippen LogP contribution in [0, 0.1) is 0 Å². The molecule has 0 aromatic carbocycles. The number of rotatable bonds is 10. The van der Waals surface area contributed by atoms with Gasteiger partial charge in [0.1, 0.15) is 5.76 Å². The molecule has 0 aliphatic rings. The Morgan fingerprint density at radius 3 is 2.56 bits per heavy atom. The minimum absolute atomic E-state index is 0.122. The van der Waals surface area contributed by atoms with Crippen molar-refractivity contribution in [1.29, 1.82) is 0 Å². The molecular weight excluding hydrogens is 232 g/mol. The average Bonchev–Trinajstić information content (AvgIpc) is 2.83. The van der Waals surface area contributed by atoms with E-state index >= 15 is 0 Å². The predicted octanol–water partition coefficient (Wildman–Crippen LogP) is 2.12. The third-order valence-corrected chi connectivity index (χ3v) is 2.49. The van der Waals surface area contributed by atoms with Crippen molar-refractivity contribution in [3.63, 3.8) is 0 Å². The van der Waals surface area contributed by atoms with Gasteiger partial charge < -0.3 is 19.2 Å². The number of hydrogen-bond donors (Lipinski definition) is 1. The summed E-state index contributed by atoms with van der Waals surface area (Å²) in [6.45, 7) is 8.79. The molecule has 0 aliphatic heterocycles. The minimum atomic E-state index is -0.122. The first-order valence-electron chi connectivity index (χ1n) is 6.67. The summed E-state index contributed by atoms with van der Waals surface area (Å²) in [5, 5.41) is 3.27. The second-order valence-electron chi connectivity index (χ2n) is 3.88. The molecule has 0 saturated carbocycles. The normalized spacial score (nSPS) is 11.3. The van der Waals surface area contributed by atoms with E-state index in [0.29, 0.717) is 19.8 Å². The van der Waals surface area contributed by atoms with Crippen LogP contribution in [-0.4, -0.2) is 31.0 Å². The number of hydrogen-bond acceptors (Lipinski definition) is 5. The highest BCUT2D eigenvalue weighted by atomic mass is 16.7. The zero-order chi connectivity index (χ0) is 13.2. The molecule has 1 aromatic rings. The Kier molecular flexibility index (Phi) is 7.64. The van der Waals surface area contributed by atoms with Crippen LogP contribution >= 0.6 is 0 Å². The molecule has 0 amide bonds. The van der Waals surface area contributed by atoms with Crippen molar-refractivity contribution in [3.8, 4) is 0 Å². The SMILES string of the molecule is CCOC(CCNCc1ncc(CC)o1)OCC. The maximum absolute atomic E-state index is 5.50. The molecule has 0 aliphatic carbocycles. The monoisotopic (exact) mass is 256 g/mol. The van der Waals surface area contributed by atoms with Crippen LogP contribution < -0.4 is 5.32 Å². The molecule has 0 unspecified atom stereocenters. The quantitative estimate of drug-likeness (QED) is 0.513. The Balaban J connectivity index is 2.16. The molecular formula is C13H24N2O3. The highest BCUT2D eigenvalue weighted by molar-refractivity contribution is 4.93. The van der Waals surface area contributed by atoms with Crippen LogP contribution in [0.4, 0.5) is 0 Å². The number of nitrogens with zero attached hydrogens (tertiary/aromatic N) is 1. The zero-order valence-electron chi connectivity index (χ0n) is 11.6. The second kappa shape index (κ2) is 9.08. The molecule has 18 heavy (non-hydrogen) atoms. The fraction of sp³-hybridized carbons (Fsp3) is 0.769. The number of aromatic nitrogens is 1. The van der Waals surface area contributed by atoms with E-state index in [0.717, 1.165) is 31.0 Å². The number of nitrogens with one attached hydrogen (secondary N) is 1. The summed E-state index contributed by atoms with van der Waals surface area (Å²) in [6.07, 6.45) is 3.36. The predicted molar refractivity (Wildman–Crippen MR) is 69.2 cm³/mol. The summed E-state index contributed by atoms with van der Waals surface area (Å²) in [6, 6.07) is 0. The molecule has 1 heterocycles. The van der Waals surface area contributed by atoms with E-state index in [1.54, 1.807) is 6.20 Å². The van der Waals surface area contributed by atoms with Crippen LogP contribution in [-0.2, 0) is 22.4 Å². The standard InChI is InChI=1S/C13H24N2O3/c1-4-11-9-15-12(18-11)10-14-8-7-13(16-5-2)17-6-3/h9,13-14H,4-8,10H2,1-3H3. The lowest BCUT2D eigenvalue weighted by Crippen LogP contribution is -2.24. The van der Waals surface area contributed by atoms with E-state index in [2.05, 4.69) is 10.3 Å². The maximum Gasteiger partial charge on any atom is 0.208 e. The first-order chi connectivity index (χ1) is 8.80. The third-order valence-electron chi connectivity index (χ3n) is 2.49. The fourth-order valence-corrected chi connectivity index (χ4v) is 1.60. The van der Waals surface area contributed by atoms with Crippen molar-refractivity contribution in [1.82, 2.24) is 10.3 Å². The Labute approximate surface area is 109 Å². The van der Waals surface area contributed by atoms with E-state index in [1.807, 2.05) is 20.8 Å². The Morgan fingerprint density at radius 1 is 1.28 bits per heavy atom. The van der Waals surface area contributed by atoms with Gasteiger partial charge >= 0.3 is 0 Å². The summed E-state index contributed by atoms with van der Waals surface area (Å²) in [7, 11) is 0. The van der Waals surface area contributed by atoms with Gasteiger partial charge in [-0.25, -0.2) is 4.98 Å². The first kappa shape index (κ1) is 15.1. The highest BCUT2D eigenvalue weighted by Gasteiger charge is 2.07. The lowest BCUT2D eigenvalue weighted by molar-refractivity contribution is -0.138. The van der Waals surface area contributed by atoms with Gasteiger partial charge in [-0.05, 0) is 13.8 Å². The third kappa shape index (κ3) is 5.62. The van der Waals surface area contributed by atoms with Gasteiger partial charge in [-0.3, -0.25) is 0 Å². The van der Waals surface area contributed by atoms with Crippen molar-refractivity contribution < 1.29 is 13.9 Å². The zero-order valence-corrected chi connectivity index (χ0v) is 11.6. The number of ether oxygens (including phenoxy) is 2. The lowest BCUT2D eigenvalue weighted by atomic mass is 10.4. The molecule has 1 rings (SSSR count). The molecule has 1 N–H and O–H groups in total. The van der Waals surface area contributed by atoms with Crippen LogP contribution in [0.25, 0.3) is 0 Å². The van der Waals surface area contributed by atoms with Gasteiger partial charge in [0, 0.05) is 32.6 Å². The summed E-state index contributed by atoms with van der Waals surface area (Å²) in [5.74, 6) is 1.66. The number of oxazole rings is 1. The highest BCUT2D eigenvalue weighted by Crippen LogP contribution is 2.04. The molecule has 0 fully saturated rings. The number of aryl methyl sites for hydroxylation is 1. The van der Waals surface area contributed by atoms with Crippen molar-refractivity contribution in [2.75, 3.05) is 19.8 Å². The van der Waals surface area contributed by atoms with Crippen LogP contribution in [0.1, 0.15) is 38.8 Å². The van der Waals surface area contributed by atoms with Crippen molar-refractivity contribution in [2.24, 2.45) is 0 Å². The first-order valence-corrected chi connectivity index (χ1v) is 6.67. The fourth-order valence-electron chi connectivity index (χ4n) is 1.60. The summed E-state index contributed by atoms with van der Waals surface area (Å²) in [5.41, 5.74) is 0. The molecule has 0 atom stereocenters. The topological polar surface area (TPSA) is 56.5 Å². The van der Waals surface area contributed by atoms with E-state index < -0.39 is 0 Å². The van der Waals surface area contributed by atoms with E-state index in [1.165, 1.54) is 0 Å². The van der Waals surface area contributed by atoms with Gasteiger partial charge in [-0.15, -0.1) is 0 Å². The summed E-state index contributed by atoms with van der Waals surface area (Å²) < 4.78 is 16.4. The summed E-state index contributed by atoms with van der Waals surface area (Å²) >= 11 is 0. The van der Waals surface area contributed by atoms with Gasteiger partial charge in [-0.2, -0.15) is 0 Å². The van der Waals surface area contributed by atoms with Crippen LogP contribution in [0.3, 0.4) is 0 Å². The Bertz CT molecular complexity index is 309. The minimum Gasteiger partial charge on any atom is -0.444 e. The van der Waals surface area contributed by atoms with Crippen molar-refractivity contribution >= 4 is 0 Å². The lowest BCUT2D eigenvalue weighted by Gasteiger charge is -2.16. The van der Waals surface area contributed by atoms with Crippen molar-refractivity contribution in [3.05, 3.63) is 17.8 Å². The second-order valence-corrected chi connectivity index (χ2v) is 3.88. The molecule has 104 valence electrons.